The molecule has 0 aliphatic carbocycles. The third-order valence-corrected chi connectivity index (χ3v) is 2.34. The highest BCUT2D eigenvalue weighted by atomic mass is 16.4. The number of carboxylic acid groups (broad SMARTS) is 1. The molecule has 94 valence electrons. The lowest BCUT2D eigenvalue weighted by atomic mass is 10.1. The molecule has 0 saturated carbocycles. The number of nitrogens with one attached hydrogen (secondary N) is 2. The summed E-state index contributed by atoms with van der Waals surface area (Å²) in [5, 5.41) is 14.5. The van der Waals surface area contributed by atoms with Crippen molar-refractivity contribution in [2.24, 2.45) is 5.92 Å². The Labute approximate surface area is 96.6 Å². The fourth-order valence-electron chi connectivity index (χ4n) is 1.31. The lowest BCUT2D eigenvalue weighted by Gasteiger charge is -2.17. The lowest BCUT2D eigenvalue weighted by molar-refractivity contribution is -0.142. The van der Waals surface area contributed by atoms with Gasteiger partial charge in [0.2, 0.25) is 5.91 Å². The van der Waals surface area contributed by atoms with E-state index in [-0.39, 0.29) is 11.8 Å². The first-order valence-electron chi connectivity index (χ1n) is 5.76. The summed E-state index contributed by atoms with van der Waals surface area (Å²) < 4.78 is 0. The molecule has 0 aromatic carbocycles. The van der Waals surface area contributed by atoms with Gasteiger partial charge in [-0.25, -0.2) is 4.79 Å². The molecule has 0 spiro atoms. The summed E-state index contributed by atoms with van der Waals surface area (Å²) in [5.41, 5.74) is 0. The summed E-state index contributed by atoms with van der Waals surface area (Å²) in [4.78, 5) is 22.5. The molecule has 0 aliphatic rings. The monoisotopic (exact) mass is 230 g/mol. The second-order valence-corrected chi connectivity index (χ2v) is 3.90. The number of carboxylic acids is 1. The fraction of sp³-hybridized carbons (Fsp3) is 0.818. The summed E-state index contributed by atoms with van der Waals surface area (Å²) in [6.45, 7) is 7.00. The molecule has 1 unspecified atom stereocenters. The smallest absolute Gasteiger partial charge is 0.326 e. The van der Waals surface area contributed by atoms with Crippen LogP contribution in [0.15, 0.2) is 0 Å². The molecule has 0 rings (SSSR count). The van der Waals surface area contributed by atoms with Crippen LogP contribution in [0.1, 0.15) is 33.6 Å². The van der Waals surface area contributed by atoms with E-state index in [0.717, 1.165) is 13.0 Å². The van der Waals surface area contributed by atoms with Gasteiger partial charge in [0.05, 0.1) is 0 Å². The molecule has 0 heterocycles. The summed E-state index contributed by atoms with van der Waals surface area (Å²) in [7, 11) is 0. The van der Waals surface area contributed by atoms with Gasteiger partial charge in [0.25, 0.3) is 0 Å². The van der Waals surface area contributed by atoms with E-state index < -0.39 is 12.0 Å². The highest BCUT2D eigenvalue weighted by molar-refractivity contribution is 5.84. The van der Waals surface area contributed by atoms with E-state index in [1.807, 2.05) is 13.8 Å². The molecular weight excluding hydrogens is 208 g/mol. The quantitative estimate of drug-likeness (QED) is 0.570. The molecule has 3 N–H and O–H groups in total. The number of carbonyl (C=O) groups is 2. The Hall–Kier alpha value is -1.10. The van der Waals surface area contributed by atoms with Gasteiger partial charge in [0, 0.05) is 12.5 Å². The van der Waals surface area contributed by atoms with E-state index in [1.54, 1.807) is 6.92 Å². The van der Waals surface area contributed by atoms with Crippen molar-refractivity contribution in [3.63, 3.8) is 0 Å². The molecule has 5 nitrogen and oxygen atoms in total. The Morgan fingerprint density at radius 3 is 2.38 bits per heavy atom. The van der Waals surface area contributed by atoms with Gasteiger partial charge in [0.15, 0.2) is 0 Å². The van der Waals surface area contributed by atoms with E-state index in [1.165, 1.54) is 0 Å². The van der Waals surface area contributed by atoms with Crippen molar-refractivity contribution in [3.8, 4) is 0 Å². The zero-order chi connectivity index (χ0) is 12.6. The average molecular weight is 230 g/mol. The minimum atomic E-state index is -0.967. The highest BCUT2D eigenvalue weighted by Crippen LogP contribution is 2.00. The van der Waals surface area contributed by atoms with Crippen LogP contribution < -0.4 is 10.6 Å². The SMILES string of the molecule is CCC[C@H](NC(=O)C(C)CNCC)C(=O)O. The van der Waals surface area contributed by atoms with Crippen LogP contribution in [0.4, 0.5) is 0 Å². The van der Waals surface area contributed by atoms with E-state index >= 15 is 0 Å². The predicted molar refractivity (Wildman–Crippen MR) is 62.2 cm³/mol. The molecule has 0 saturated heterocycles. The molecule has 0 fully saturated rings. The topological polar surface area (TPSA) is 78.4 Å². The van der Waals surface area contributed by atoms with Crippen molar-refractivity contribution in [2.75, 3.05) is 13.1 Å². The molecule has 2 atom stereocenters. The van der Waals surface area contributed by atoms with Crippen LogP contribution in [0.5, 0.6) is 0 Å². The molecule has 5 heteroatoms. The van der Waals surface area contributed by atoms with E-state index in [9.17, 15) is 9.59 Å². The van der Waals surface area contributed by atoms with Gasteiger partial charge >= 0.3 is 5.97 Å². The second-order valence-electron chi connectivity index (χ2n) is 3.90. The van der Waals surface area contributed by atoms with Crippen molar-refractivity contribution in [1.82, 2.24) is 10.6 Å². The van der Waals surface area contributed by atoms with Crippen LogP contribution >= 0.6 is 0 Å². The predicted octanol–water partition coefficient (Wildman–Crippen LogP) is 0.601. The van der Waals surface area contributed by atoms with Crippen molar-refractivity contribution in [1.29, 1.82) is 0 Å². The van der Waals surface area contributed by atoms with Crippen LogP contribution in [0, 0.1) is 5.92 Å². The van der Waals surface area contributed by atoms with E-state index in [0.29, 0.717) is 13.0 Å². The van der Waals surface area contributed by atoms with Crippen LogP contribution in [-0.2, 0) is 9.59 Å². The Morgan fingerprint density at radius 2 is 1.94 bits per heavy atom. The highest BCUT2D eigenvalue weighted by Gasteiger charge is 2.21. The van der Waals surface area contributed by atoms with Crippen LogP contribution in [0.25, 0.3) is 0 Å². The van der Waals surface area contributed by atoms with Crippen LogP contribution in [0.2, 0.25) is 0 Å². The fourth-order valence-corrected chi connectivity index (χ4v) is 1.31. The normalized spacial score (nSPS) is 14.2. The third kappa shape index (κ3) is 5.70. The van der Waals surface area contributed by atoms with Gasteiger partial charge in [0.1, 0.15) is 6.04 Å². The van der Waals surface area contributed by atoms with E-state index in [4.69, 9.17) is 5.11 Å². The molecule has 0 aliphatic heterocycles. The summed E-state index contributed by atoms with van der Waals surface area (Å²) in [5.74, 6) is -1.38. The van der Waals surface area contributed by atoms with Gasteiger partial charge in [-0.1, -0.05) is 27.2 Å². The maximum absolute atomic E-state index is 11.6. The first-order valence-corrected chi connectivity index (χ1v) is 5.76. The number of carbonyl (C=O) groups excluding carboxylic acids is 1. The second kappa shape index (κ2) is 8.10. The molecule has 0 aromatic rings. The van der Waals surface area contributed by atoms with Crippen LogP contribution in [-0.4, -0.2) is 36.1 Å². The minimum Gasteiger partial charge on any atom is -0.480 e. The molecule has 16 heavy (non-hydrogen) atoms. The zero-order valence-electron chi connectivity index (χ0n) is 10.2. The summed E-state index contributed by atoms with van der Waals surface area (Å²) in [6.07, 6.45) is 1.20. The van der Waals surface area contributed by atoms with Crippen molar-refractivity contribution in [3.05, 3.63) is 0 Å². The van der Waals surface area contributed by atoms with Gasteiger partial charge in [-0.3, -0.25) is 4.79 Å². The number of amides is 1. The third-order valence-electron chi connectivity index (χ3n) is 2.34. The largest absolute Gasteiger partial charge is 0.480 e. The van der Waals surface area contributed by atoms with Crippen molar-refractivity contribution in [2.45, 2.75) is 39.7 Å². The lowest BCUT2D eigenvalue weighted by Crippen LogP contribution is -2.44. The Morgan fingerprint density at radius 1 is 1.31 bits per heavy atom. The summed E-state index contributed by atoms with van der Waals surface area (Å²) >= 11 is 0. The average Bonchev–Trinajstić information content (AvgIpc) is 2.24. The van der Waals surface area contributed by atoms with Gasteiger partial charge in [-0.2, -0.15) is 0 Å². The first-order chi connectivity index (χ1) is 7.52. The van der Waals surface area contributed by atoms with Gasteiger partial charge in [-0.15, -0.1) is 0 Å². The number of aliphatic carboxylic acids is 1. The van der Waals surface area contributed by atoms with Crippen LogP contribution in [0.3, 0.4) is 0 Å². The number of hydrogen-bond donors (Lipinski definition) is 3. The van der Waals surface area contributed by atoms with Gasteiger partial charge < -0.3 is 15.7 Å². The summed E-state index contributed by atoms with van der Waals surface area (Å²) in [6, 6.07) is -0.762. The Balaban J connectivity index is 4.12. The molecular formula is C11H22N2O3. The zero-order valence-corrected chi connectivity index (χ0v) is 10.2. The maximum Gasteiger partial charge on any atom is 0.326 e. The standard InChI is InChI=1S/C11H22N2O3/c1-4-6-9(11(15)16)13-10(14)8(3)7-12-5-2/h8-9,12H,4-7H2,1-3H3,(H,13,14)(H,15,16)/t8?,9-/m0/s1. The molecule has 1 amide bonds. The molecule has 0 radical (unpaired) electrons. The number of rotatable bonds is 8. The Kier molecular flexibility index (Phi) is 7.54. The Bertz CT molecular complexity index is 231. The molecule has 0 aromatic heterocycles. The first kappa shape index (κ1) is 14.9. The minimum absolute atomic E-state index is 0.207. The van der Waals surface area contributed by atoms with Crippen molar-refractivity contribution >= 4 is 11.9 Å². The number of hydrogen-bond acceptors (Lipinski definition) is 3. The maximum atomic E-state index is 11.6. The van der Waals surface area contributed by atoms with E-state index in [2.05, 4.69) is 10.6 Å². The van der Waals surface area contributed by atoms with Crippen molar-refractivity contribution < 1.29 is 14.7 Å². The van der Waals surface area contributed by atoms with Gasteiger partial charge in [-0.05, 0) is 13.0 Å². The molecule has 0 bridgehead atoms.